The van der Waals surface area contributed by atoms with Crippen LogP contribution in [0.4, 0.5) is 0 Å². The second-order valence-electron chi connectivity index (χ2n) is 3.69. The molecule has 1 aliphatic rings. The van der Waals surface area contributed by atoms with Crippen LogP contribution >= 0.6 is 11.6 Å². The Balaban J connectivity index is 2.35. The lowest BCUT2D eigenvalue weighted by Crippen LogP contribution is -2.13. The topological polar surface area (TPSA) is 41.5 Å². The van der Waals surface area contributed by atoms with Crippen molar-refractivity contribution in [3.05, 3.63) is 22.7 Å². The molecule has 2 rings (SSSR count). The Morgan fingerprint density at radius 1 is 1.53 bits per heavy atom. The molecule has 0 saturated carbocycles. The first-order valence-corrected chi connectivity index (χ1v) is 5.40. The molecule has 0 aromatic heterocycles. The summed E-state index contributed by atoms with van der Waals surface area (Å²) in [5.41, 5.74) is 0.860. The van der Waals surface area contributed by atoms with Gasteiger partial charge in [0.1, 0.15) is 11.5 Å². The number of phenols is 1. The van der Waals surface area contributed by atoms with Crippen molar-refractivity contribution in [2.24, 2.45) is 0 Å². The van der Waals surface area contributed by atoms with Crippen LogP contribution in [0.2, 0.25) is 5.02 Å². The first-order valence-electron chi connectivity index (χ1n) is 5.02. The van der Waals surface area contributed by atoms with E-state index in [1.54, 1.807) is 12.1 Å². The van der Waals surface area contributed by atoms with E-state index in [1.807, 2.05) is 0 Å². The molecule has 0 bridgehead atoms. The Morgan fingerprint density at radius 2 is 2.33 bits per heavy atom. The highest BCUT2D eigenvalue weighted by Gasteiger charge is 2.20. The number of aromatic hydroxyl groups is 1. The van der Waals surface area contributed by atoms with Crippen LogP contribution in [0.25, 0.3) is 0 Å². The third kappa shape index (κ3) is 2.03. The van der Waals surface area contributed by atoms with Crippen LogP contribution in [-0.2, 0) is 0 Å². The Morgan fingerprint density at radius 3 is 2.93 bits per heavy atom. The van der Waals surface area contributed by atoms with Crippen LogP contribution in [0.15, 0.2) is 12.1 Å². The zero-order chi connectivity index (χ0) is 10.8. The van der Waals surface area contributed by atoms with Gasteiger partial charge in [0.2, 0.25) is 0 Å². The van der Waals surface area contributed by atoms with E-state index in [-0.39, 0.29) is 11.8 Å². The Hall–Kier alpha value is -0.930. The van der Waals surface area contributed by atoms with Crippen molar-refractivity contribution in [2.75, 3.05) is 13.7 Å². The molecule has 1 unspecified atom stereocenters. The summed E-state index contributed by atoms with van der Waals surface area (Å²) in [6.07, 6.45) is 2.17. The van der Waals surface area contributed by atoms with Crippen LogP contribution in [-0.4, -0.2) is 18.8 Å². The predicted molar refractivity (Wildman–Crippen MR) is 59.6 cm³/mol. The van der Waals surface area contributed by atoms with Crippen LogP contribution in [0.5, 0.6) is 11.5 Å². The first kappa shape index (κ1) is 10.6. The molecule has 0 radical (unpaired) electrons. The molecule has 4 heteroatoms. The zero-order valence-electron chi connectivity index (χ0n) is 8.59. The van der Waals surface area contributed by atoms with E-state index < -0.39 is 0 Å². The number of rotatable bonds is 2. The summed E-state index contributed by atoms with van der Waals surface area (Å²) in [4.78, 5) is 0. The van der Waals surface area contributed by atoms with Crippen molar-refractivity contribution in [2.45, 2.75) is 18.9 Å². The monoisotopic (exact) mass is 227 g/mol. The molecule has 1 fully saturated rings. The van der Waals surface area contributed by atoms with Gasteiger partial charge in [-0.25, -0.2) is 0 Å². The average Bonchev–Trinajstić information content (AvgIpc) is 2.74. The van der Waals surface area contributed by atoms with Gasteiger partial charge < -0.3 is 15.2 Å². The second-order valence-corrected chi connectivity index (χ2v) is 4.10. The summed E-state index contributed by atoms with van der Waals surface area (Å²) in [7, 11) is 1.54. The maximum Gasteiger partial charge on any atom is 0.141 e. The largest absolute Gasteiger partial charge is 0.507 e. The fraction of sp³-hybridized carbons (Fsp3) is 0.455. The number of benzene rings is 1. The predicted octanol–water partition coefficient (Wildman–Crippen LogP) is 2.48. The van der Waals surface area contributed by atoms with Crippen molar-refractivity contribution >= 4 is 11.6 Å². The zero-order valence-corrected chi connectivity index (χ0v) is 9.34. The van der Waals surface area contributed by atoms with Crippen molar-refractivity contribution in [1.29, 1.82) is 0 Å². The van der Waals surface area contributed by atoms with Gasteiger partial charge in [0, 0.05) is 17.7 Å². The third-order valence-corrected chi connectivity index (χ3v) is 3.03. The van der Waals surface area contributed by atoms with Crippen molar-refractivity contribution in [1.82, 2.24) is 5.32 Å². The Labute approximate surface area is 94.0 Å². The molecule has 1 atom stereocenters. The molecule has 1 aliphatic heterocycles. The van der Waals surface area contributed by atoms with Gasteiger partial charge in [0.25, 0.3) is 0 Å². The highest BCUT2D eigenvalue weighted by Crippen LogP contribution is 2.37. The molecule has 0 spiro atoms. The summed E-state index contributed by atoms with van der Waals surface area (Å²) in [5.74, 6) is 0.756. The highest BCUT2D eigenvalue weighted by atomic mass is 35.5. The van der Waals surface area contributed by atoms with Crippen LogP contribution in [0, 0.1) is 0 Å². The number of ether oxygens (including phenoxy) is 1. The molecule has 0 aliphatic carbocycles. The molecule has 1 saturated heterocycles. The minimum atomic E-state index is 0.216. The number of hydrogen-bond donors (Lipinski definition) is 2. The normalized spacial score (nSPS) is 20.5. The lowest BCUT2D eigenvalue weighted by atomic mass is 10.0. The van der Waals surface area contributed by atoms with Gasteiger partial charge >= 0.3 is 0 Å². The molecule has 1 heterocycles. The van der Waals surface area contributed by atoms with E-state index in [0.717, 1.165) is 24.9 Å². The second kappa shape index (κ2) is 4.29. The van der Waals surface area contributed by atoms with Gasteiger partial charge in [-0.15, -0.1) is 0 Å². The van der Waals surface area contributed by atoms with E-state index in [4.69, 9.17) is 16.3 Å². The molecule has 1 aromatic carbocycles. The fourth-order valence-electron chi connectivity index (χ4n) is 1.94. The standard InChI is InChI=1S/C11H14ClNO2/c1-15-11-6-10(14)7(5-8(11)12)9-3-2-4-13-9/h5-6,9,13-14H,2-4H2,1H3. The molecule has 1 aromatic rings. The maximum absolute atomic E-state index is 9.83. The summed E-state index contributed by atoms with van der Waals surface area (Å²) in [5, 5.41) is 13.7. The number of methoxy groups -OCH3 is 1. The fourth-order valence-corrected chi connectivity index (χ4v) is 2.19. The number of halogens is 1. The van der Waals surface area contributed by atoms with Gasteiger partial charge in [-0.2, -0.15) is 0 Å². The van der Waals surface area contributed by atoms with Gasteiger partial charge in [0.05, 0.1) is 12.1 Å². The van der Waals surface area contributed by atoms with E-state index in [0.29, 0.717) is 10.8 Å². The van der Waals surface area contributed by atoms with E-state index in [1.165, 1.54) is 7.11 Å². The van der Waals surface area contributed by atoms with Crippen molar-refractivity contribution in [3.8, 4) is 11.5 Å². The molecule has 15 heavy (non-hydrogen) atoms. The Kier molecular flexibility index (Phi) is 3.03. The average molecular weight is 228 g/mol. The lowest BCUT2D eigenvalue weighted by Gasteiger charge is -2.14. The minimum Gasteiger partial charge on any atom is -0.507 e. The number of phenolic OH excluding ortho intramolecular Hbond substituents is 1. The van der Waals surface area contributed by atoms with Gasteiger partial charge in [0.15, 0.2) is 0 Å². The summed E-state index contributed by atoms with van der Waals surface area (Å²) >= 11 is 6.02. The maximum atomic E-state index is 9.83. The molecule has 2 N–H and O–H groups in total. The quantitative estimate of drug-likeness (QED) is 0.816. The summed E-state index contributed by atoms with van der Waals surface area (Å²) in [6, 6.07) is 3.56. The molecule has 3 nitrogen and oxygen atoms in total. The smallest absolute Gasteiger partial charge is 0.141 e. The van der Waals surface area contributed by atoms with Crippen LogP contribution < -0.4 is 10.1 Å². The van der Waals surface area contributed by atoms with Crippen LogP contribution in [0.1, 0.15) is 24.4 Å². The van der Waals surface area contributed by atoms with Gasteiger partial charge in [-0.05, 0) is 25.5 Å². The number of hydrogen-bond acceptors (Lipinski definition) is 3. The van der Waals surface area contributed by atoms with E-state index >= 15 is 0 Å². The van der Waals surface area contributed by atoms with Gasteiger partial charge in [-0.3, -0.25) is 0 Å². The molecule has 82 valence electrons. The lowest BCUT2D eigenvalue weighted by molar-refractivity contribution is 0.404. The first-order chi connectivity index (χ1) is 7.22. The summed E-state index contributed by atoms with van der Waals surface area (Å²) < 4.78 is 5.03. The Bertz CT molecular complexity index is 362. The molecular formula is C11H14ClNO2. The van der Waals surface area contributed by atoms with Crippen molar-refractivity contribution < 1.29 is 9.84 Å². The summed E-state index contributed by atoms with van der Waals surface area (Å²) in [6.45, 7) is 0.994. The molecule has 0 amide bonds. The van der Waals surface area contributed by atoms with Gasteiger partial charge in [-0.1, -0.05) is 11.6 Å². The third-order valence-electron chi connectivity index (χ3n) is 2.74. The van der Waals surface area contributed by atoms with Crippen LogP contribution in [0.3, 0.4) is 0 Å². The molecular weight excluding hydrogens is 214 g/mol. The SMILES string of the molecule is COc1cc(O)c(C2CCCN2)cc1Cl. The highest BCUT2D eigenvalue weighted by molar-refractivity contribution is 6.32. The minimum absolute atomic E-state index is 0.216. The van der Waals surface area contributed by atoms with E-state index in [2.05, 4.69) is 5.32 Å². The van der Waals surface area contributed by atoms with Crippen molar-refractivity contribution in [3.63, 3.8) is 0 Å². The van der Waals surface area contributed by atoms with E-state index in [9.17, 15) is 5.11 Å². The number of nitrogens with one attached hydrogen (secondary N) is 1.